The van der Waals surface area contributed by atoms with Crippen LogP contribution in [-0.2, 0) is 0 Å². The van der Waals surface area contributed by atoms with Crippen LogP contribution in [0.5, 0.6) is 0 Å². The van der Waals surface area contributed by atoms with E-state index in [2.05, 4.69) is 21.2 Å². The number of hydrogen-bond acceptors (Lipinski definition) is 2. The van der Waals surface area contributed by atoms with Gasteiger partial charge in [0.15, 0.2) is 0 Å². The first-order valence-electron chi connectivity index (χ1n) is 5.53. The number of carbonyl (C=O) groups excluding carboxylic acids is 1. The summed E-state index contributed by atoms with van der Waals surface area (Å²) < 4.78 is 0.753. The molecule has 5 heteroatoms. The lowest BCUT2D eigenvalue weighted by Gasteiger charge is -2.17. The first-order valence-corrected chi connectivity index (χ1v) is 6.70. The second-order valence-corrected chi connectivity index (χ2v) is 5.44. The van der Waals surface area contributed by atoms with Crippen LogP contribution in [0.4, 0.5) is 0 Å². The highest BCUT2D eigenvalue weighted by Crippen LogP contribution is 2.24. The predicted octanol–water partition coefficient (Wildman–Crippen LogP) is 2.54. The molecule has 0 aliphatic carbocycles. The summed E-state index contributed by atoms with van der Waals surface area (Å²) in [5.41, 5.74) is 0.672. The molecule has 0 radical (unpaired) electrons. The number of rotatable bonds is 2. The van der Waals surface area contributed by atoms with Crippen molar-refractivity contribution in [3.05, 3.63) is 33.3 Å². The van der Waals surface area contributed by atoms with Crippen LogP contribution in [0.1, 0.15) is 16.8 Å². The van der Waals surface area contributed by atoms with E-state index in [-0.39, 0.29) is 5.91 Å². The number of likely N-dealkylation sites (tertiary alicyclic amines) is 1. The van der Waals surface area contributed by atoms with E-state index in [0.717, 1.165) is 24.0 Å². The third-order valence-electron chi connectivity index (χ3n) is 3.05. The van der Waals surface area contributed by atoms with Gasteiger partial charge in [-0.3, -0.25) is 4.79 Å². The zero-order valence-electron chi connectivity index (χ0n) is 9.54. The smallest absolute Gasteiger partial charge is 0.255 e. The molecule has 0 spiro atoms. The maximum Gasteiger partial charge on any atom is 0.255 e. The summed E-state index contributed by atoms with van der Waals surface area (Å²) in [5, 5.41) is 3.82. The van der Waals surface area contributed by atoms with Gasteiger partial charge in [-0.2, -0.15) is 0 Å². The highest BCUT2D eigenvalue weighted by Gasteiger charge is 2.26. The highest BCUT2D eigenvalue weighted by molar-refractivity contribution is 9.10. The van der Waals surface area contributed by atoms with Gasteiger partial charge in [-0.25, -0.2) is 0 Å². The van der Waals surface area contributed by atoms with Gasteiger partial charge in [0.25, 0.3) is 5.91 Å². The first kappa shape index (κ1) is 12.9. The third kappa shape index (κ3) is 2.81. The molecule has 1 aromatic carbocycles. The Bertz CT molecular complexity index is 439. The molecule has 1 aliphatic heterocycles. The quantitative estimate of drug-likeness (QED) is 0.909. The second kappa shape index (κ2) is 5.38. The van der Waals surface area contributed by atoms with Crippen molar-refractivity contribution in [3.8, 4) is 0 Å². The lowest BCUT2D eigenvalue weighted by atomic mass is 10.2. The summed E-state index contributed by atoms with van der Waals surface area (Å²) in [4.78, 5) is 14.1. The number of hydrogen-bond donors (Lipinski definition) is 1. The molecular formula is C12H14BrClN2O. The number of carbonyl (C=O) groups is 1. The standard InChI is InChI=1S/C12H14BrClN2O/c1-15-9-4-5-16(7-9)12(17)10-3-2-8(14)6-11(10)13/h2-3,6,9,15H,4-5,7H2,1H3. The first-order chi connectivity index (χ1) is 8.11. The van der Waals surface area contributed by atoms with Crippen molar-refractivity contribution in [1.82, 2.24) is 10.2 Å². The minimum absolute atomic E-state index is 0.0614. The van der Waals surface area contributed by atoms with E-state index in [1.165, 1.54) is 0 Å². The Morgan fingerprint density at radius 1 is 1.59 bits per heavy atom. The summed E-state index contributed by atoms with van der Waals surface area (Å²) in [5.74, 6) is 0.0614. The Morgan fingerprint density at radius 3 is 2.94 bits per heavy atom. The molecule has 1 atom stereocenters. The van der Waals surface area contributed by atoms with E-state index in [4.69, 9.17) is 11.6 Å². The minimum Gasteiger partial charge on any atom is -0.337 e. The predicted molar refractivity (Wildman–Crippen MR) is 72.5 cm³/mol. The van der Waals surface area contributed by atoms with E-state index < -0.39 is 0 Å². The Balaban J connectivity index is 2.15. The molecule has 1 N–H and O–H groups in total. The van der Waals surface area contributed by atoms with Gasteiger partial charge in [0, 0.05) is 28.6 Å². The van der Waals surface area contributed by atoms with Gasteiger partial charge in [0.1, 0.15) is 0 Å². The van der Waals surface area contributed by atoms with Gasteiger partial charge in [0.05, 0.1) is 5.56 Å². The largest absolute Gasteiger partial charge is 0.337 e. The highest BCUT2D eigenvalue weighted by atomic mass is 79.9. The molecule has 1 aliphatic rings. The number of nitrogens with one attached hydrogen (secondary N) is 1. The molecule has 0 bridgehead atoms. The zero-order valence-corrected chi connectivity index (χ0v) is 11.9. The number of nitrogens with zero attached hydrogens (tertiary/aromatic N) is 1. The molecule has 1 heterocycles. The number of halogens is 2. The zero-order chi connectivity index (χ0) is 12.4. The van der Waals surface area contributed by atoms with Crippen molar-refractivity contribution in [2.45, 2.75) is 12.5 Å². The molecule has 1 unspecified atom stereocenters. The second-order valence-electron chi connectivity index (χ2n) is 4.15. The summed E-state index contributed by atoms with van der Waals surface area (Å²) in [7, 11) is 1.93. The normalized spacial score (nSPS) is 19.7. The topological polar surface area (TPSA) is 32.3 Å². The summed E-state index contributed by atoms with van der Waals surface area (Å²) in [6.07, 6.45) is 1.01. The fourth-order valence-electron chi connectivity index (χ4n) is 2.01. The molecule has 1 aromatic rings. The van der Waals surface area contributed by atoms with Crippen LogP contribution in [0.25, 0.3) is 0 Å². The fourth-order valence-corrected chi connectivity index (χ4v) is 2.87. The van der Waals surface area contributed by atoms with Crippen LogP contribution in [0, 0.1) is 0 Å². The van der Waals surface area contributed by atoms with Crippen LogP contribution < -0.4 is 5.32 Å². The van der Waals surface area contributed by atoms with Crippen LogP contribution >= 0.6 is 27.5 Å². The molecule has 1 saturated heterocycles. The minimum atomic E-state index is 0.0614. The number of amides is 1. The Labute approximate surface area is 114 Å². The van der Waals surface area contributed by atoms with Crippen LogP contribution in [0.3, 0.4) is 0 Å². The van der Waals surface area contributed by atoms with E-state index in [1.807, 2.05) is 11.9 Å². The van der Waals surface area contributed by atoms with Gasteiger partial charge < -0.3 is 10.2 Å². The summed E-state index contributed by atoms with van der Waals surface area (Å²) >= 11 is 9.24. The Hall–Kier alpha value is -0.580. The van der Waals surface area contributed by atoms with Gasteiger partial charge in [-0.1, -0.05) is 11.6 Å². The van der Waals surface area contributed by atoms with Crippen molar-refractivity contribution in [3.63, 3.8) is 0 Å². The fraction of sp³-hybridized carbons (Fsp3) is 0.417. The molecule has 3 nitrogen and oxygen atoms in total. The van der Waals surface area contributed by atoms with E-state index in [9.17, 15) is 4.79 Å². The molecule has 92 valence electrons. The van der Waals surface area contributed by atoms with Crippen LogP contribution in [-0.4, -0.2) is 37.0 Å². The maximum absolute atomic E-state index is 12.3. The van der Waals surface area contributed by atoms with Crippen molar-refractivity contribution in [2.24, 2.45) is 0 Å². The lowest BCUT2D eigenvalue weighted by Crippen LogP contribution is -2.33. The monoisotopic (exact) mass is 316 g/mol. The van der Waals surface area contributed by atoms with Crippen molar-refractivity contribution >= 4 is 33.4 Å². The molecule has 1 fully saturated rings. The number of benzene rings is 1. The van der Waals surface area contributed by atoms with Crippen molar-refractivity contribution in [1.29, 1.82) is 0 Å². The van der Waals surface area contributed by atoms with E-state index in [1.54, 1.807) is 18.2 Å². The van der Waals surface area contributed by atoms with Gasteiger partial charge in [-0.15, -0.1) is 0 Å². The summed E-state index contributed by atoms with van der Waals surface area (Å²) in [6, 6.07) is 5.66. The van der Waals surface area contributed by atoms with Crippen molar-refractivity contribution in [2.75, 3.05) is 20.1 Å². The van der Waals surface area contributed by atoms with Crippen LogP contribution in [0.15, 0.2) is 22.7 Å². The van der Waals surface area contributed by atoms with Crippen LogP contribution in [0.2, 0.25) is 5.02 Å². The molecule has 2 rings (SSSR count). The molecular weight excluding hydrogens is 304 g/mol. The maximum atomic E-state index is 12.3. The molecule has 0 aromatic heterocycles. The third-order valence-corrected chi connectivity index (χ3v) is 3.94. The summed E-state index contributed by atoms with van der Waals surface area (Å²) in [6.45, 7) is 1.57. The van der Waals surface area contributed by atoms with Gasteiger partial charge >= 0.3 is 0 Å². The van der Waals surface area contributed by atoms with Gasteiger partial charge in [0.2, 0.25) is 0 Å². The molecule has 17 heavy (non-hydrogen) atoms. The van der Waals surface area contributed by atoms with Gasteiger partial charge in [-0.05, 0) is 47.6 Å². The van der Waals surface area contributed by atoms with E-state index in [0.29, 0.717) is 16.6 Å². The average Bonchev–Trinajstić information content (AvgIpc) is 2.76. The Kier molecular flexibility index (Phi) is 4.07. The average molecular weight is 318 g/mol. The Morgan fingerprint density at radius 2 is 2.35 bits per heavy atom. The SMILES string of the molecule is CNC1CCN(C(=O)c2ccc(Cl)cc2Br)C1. The van der Waals surface area contributed by atoms with E-state index >= 15 is 0 Å². The molecule has 1 amide bonds. The van der Waals surface area contributed by atoms with Crippen molar-refractivity contribution < 1.29 is 4.79 Å². The number of likely N-dealkylation sites (N-methyl/N-ethyl adjacent to an activating group) is 1. The lowest BCUT2D eigenvalue weighted by molar-refractivity contribution is 0.0789. The molecule has 0 saturated carbocycles.